The maximum Gasteiger partial charge on any atom is 0.143 e. The van der Waals surface area contributed by atoms with Crippen LogP contribution in [0.4, 0.5) is 0 Å². The molecule has 0 aromatic heterocycles. The molecule has 0 radical (unpaired) electrons. The number of benzene rings is 2. The molecule has 0 amide bonds. The molecule has 1 aliphatic rings. The minimum Gasteiger partial charge on any atom is -0.299 e. The number of allylic oxidation sites excluding steroid dienone is 3. The smallest absolute Gasteiger partial charge is 0.143 e. The molecule has 1 nitrogen and oxygen atoms in total. The number of aryl methyl sites for hydroxylation is 1. The van der Waals surface area contributed by atoms with E-state index in [1.165, 1.54) is 16.7 Å². The van der Waals surface area contributed by atoms with E-state index < -0.39 is 0 Å². The average Bonchev–Trinajstić information content (AvgIpc) is 2.58. The van der Waals surface area contributed by atoms with Crippen molar-refractivity contribution in [3.05, 3.63) is 90.0 Å². The lowest BCUT2D eigenvalue weighted by molar-refractivity contribution is -0.104. The zero-order chi connectivity index (χ0) is 15.4. The van der Waals surface area contributed by atoms with E-state index in [1.807, 2.05) is 18.2 Å². The average molecular weight is 288 g/mol. The maximum absolute atomic E-state index is 11.2. The summed E-state index contributed by atoms with van der Waals surface area (Å²) in [5.41, 5.74) is 4.96. The summed E-state index contributed by atoms with van der Waals surface area (Å²) in [7, 11) is 0. The molecule has 0 bridgehead atoms. The topological polar surface area (TPSA) is 17.1 Å². The SMILES string of the molecule is C=CC(c1ccccc1)C1CCc2ccccc2/C1=C/C=O. The molecule has 1 heteroatoms. The van der Waals surface area contributed by atoms with E-state index in [4.69, 9.17) is 0 Å². The third-order valence-corrected chi connectivity index (χ3v) is 4.57. The van der Waals surface area contributed by atoms with E-state index in [-0.39, 0.29) is 5.92 Å². The van der Waals surface area contributed by atoms with Gasteiger partial charge in [0.05, 0.1) is 0 Å². The highest BCUT2D eigenvalue weighted by Crippen LogP contribution is 2.43. The quantitative estimate of drug-likeness (QED) is 0.448. The predicted molar refractivity (Wildman–Crippen MR) is 91.7 cm³/mol. The Bertz CT molecular complexity index is 697. The van der Waals surface area contributed by atoms with Gasteiger partial charge in [0.2, 0.25) is 0 Å². The Balaban J connectivity index is 2.05. The van der Waals surface area contributed by atoms with Crippen molar-refractivity contribution in [3.8, 4) is 0 Å². The second-order valence-electron chi connectivity index (χ2n) is 5.73. The fraction of sp³-hybridized carbons (Fsp3) is 0.190. The number of carbonyl (C=O) groups is 1. The van der Waals surface area contributed by atoms with Gasteiger partial charge in [-0.2, -0.15) is 0 Å². The van der Waals surface area contributed by atoms with Crippen molar-refractivity contribution in [2.24, 2.45) is 5.92 Å². The summed E-state index contributed by atoms with van der Waals surface area (Å²) >= 11 is 0. The Morgan fingerprint density at radius 2 is 1.77 bits per heavy atom. The van der Waals surface area contributed by atoms with Crippen molar-refractivity contribution in [1.82, 2.24) is 0 Å². The van der Waals surface area contributed by atoms with Crippen LogP contribution >= 0.6 is 0 Å². The molecule has 0 aliphatic heterocycles. The van der Waals surface area contributed by atoms with Crippen LogP contribution in [0.5, 0.6) is 0 Å². The van der Waals surface area contributed by atoms with Gasteiger partial charge in [-0.3, -0.25) is 4.79 Å². The van der Waals surface area contributed by atoms with Gasteiger partial charge in [-0.15, -0.1) is 6.58 Å². The van der Waals surface area contributed by atoms with E-state index in [1.54, 1.807) is 6.08 Å². The summed E-state index contributed by atoms with van der Waals surface area (Å²) in [6.45, 7) is 4.05. The van der Waals surface area contributed by atoms with Crippen LogP contribution in [0.3, 0.4) is 0 Å². The zero-order valence-corrected chi connectivity index (χ0v) is 12.6. The molecule has 22 heavy (non-hydrogen) atoms. The first-order valence-corrected chi connectivity index (χ1v) is 7.76. The molecule has 110 valence electrons. The summed E-state index contributed by atoms with van der Waals surface area (Å²) in [5, 5.41) is 0. The fourth-order valence-corrected chi connectivity index (χ4v) is 3.55. The monoisotopic (exact) mass is 288 g/mol. The molecular weight excluding hydrogens is 268 g/mol. The number of aldehydes is 1. The van der Waals surface area contributed by atoms with Crippen molar-refractivity contribution in [3.63, 3.8) is 0 Å². The summed E-state index contributed by atoms with van der Waals surface area (Å²) in [6, 6.07) is 18.8. The van der Waals surface area contributed by atoms with Gasteiger partial charge in [-0.05, 0) is 47.1 Å². The number of hydrogen-bond acceptors (Lipinski definition) is 1. The van der Waals surface area contributed by atoms with Gasteiger partial charge >= 0.3 is 0 Å². The lowest BCUT2D eigenvalue weighted by atomic mass is 9.71. The lowest BCUT2D eigenvalue weighted by Crippen LogP contribution is -2.19. The normalized spacial score (nSPS) is 20.2. The largest absolute Gasteiger partial charge is 0.299 e. The van der Waals surface area contributed by atoms with E-state index in [2.05, 4.69) is 49.0 Å². The minimum atomic E-state index is 0.237. The molecule has 3 rings (SSSR count). The van der Waals surface area contributed by atoms with Gasteiger partial charge in [-0.25, -0.2) is 0 Å². The van der Waals surface area contributed by atoms with Crippen molar-refractivity contribution in [2.45, 2.75) is 18.8 Å². The van der Waals surface area contributed by atoms with Crippen LogP contribution in [0.25, 0.3) is 5.57 Å². The highest BCUT2D eigenvalue weighted by Gasteiger charge is 2.29. The molecule has 2 atom stereocenters. The Morgan fingerprint density at radius 3 is 2.50 bits per heavy atom. The molecular formula is C21H20O. The Labute approximate surface area is 132 Å². The van der Waals surface area contributed by atoms with E-state index in [9.17, 15) is 4.79 Å². The van der Waals surface area contributed by atoms with Crippen LogP contribution in [0.2, 0.25) is 0 Å². The van der Waals surface area contributed by atoms with E-state index in [0.717, 1.165) is 24.7 Å². The molecule has 0 saturated carbocycles. The van der Waals surface area contributed by atoms with Crippen molar-refractivity contribution < 1.29 is 4.79 Å². The number of hydrogen-bond donors (Lipinski definition) is 0. The zero-order valence-electron chi connectivity index (χ0n) is 12.6. The molecule has 2 unspecified atom stereocenters. The third-order valence-electron chi connectivity index (χ3n) is 4.57. The van der Waals surface area contributed by atoms with Crippen molar-refractivity contribution in [2.75, 3.05) is 0 Å². The Kier molecular flexibility index (Phi) is 4.34. The van der Waals surface area contributed by atoms with Gasteiger partial charge in [0.25, 0.3) is 0 Å². The summed E-state index contributed by atoms with van der Waals surface area (Å²) in [5.74, 6) is 0.542. The highest BCUT2D eigenvalue weighted by molar-refractivity contribution is 5.84. The first kappa shape index (κ1) is 14.5. The Hall–Kier alpha value is -2.41. The number of carbonyl (C=O) groups excluding carboxylic acids is 1. The molecule has 1 aliphatic carbocycles. The molecule has 0 fully saturated rings. The summed E-state index contributed by atoms with van der Waals surface area (Å²) < 4.78 is 0. The molecule has 2 aromatic carbocycles. The minimum absolute atomic E-state index is 0.237. The standard InChI is InChI=1S/C21H20O/c1-2-18(16-8-4-3-5-9-16)20-13-12-17-10-6-7-11-19(17)21(20)14-15-22/h2-11,14-15,18,20H,1,12-13H2/b21-14-. The lowest BCUT2D eigenvalue weighted by Gasteiger charge is -2.32. The molecule has 0 heterocycles. The molecule has 0 spiro atoms. The van der Waals surface area contributed by atoms with Crippen LogP contribution < -0.4 is 0 Å². The second kappa shape index (κ2) is 6.57. The Morgan fingerprint density at radius 1 is 1.05 bits per heavy atom. The van der Waals surface area contributed by atoms with Crippen molar-refractivity contribution in [1.29, 1.82) is 0 Å². The molecule has 2 aromatic rings. The van der Waals surface area contributed by atoms with Gasteiger partial charge in [0.15, 0.2) is 0 Å². The first-order valence-electron chi connectivity index (χ1n) is 7.76. The molecule has 0 saturated heterocycles. The van der Waals surface area contributed by atoms with Crippen LogP contribution in [-0.2, 0) is 11.2 Å². The van der Waals surface area contributed by atoms with Gasteiger partial charge in [0.1, 0.15) is 6.29 Å². The first-order chi connectivity index (χ1) is 10.8. The maximum atomic E-state index is 11.2. The highest BCUT2D eigenvalue weighted by atomic mass is 16.1. The number of rotatable bonds is 4. The van der Waals surface area contributed by atoms with Crippen LogP contribution in [0, 0.1) is 5.92 Å². The van der Waals surface area contributed by atoms with Gasteiger partial charge in [0, 0.05) is 5.92 Å². The molecule has 0 N–H and O–H groups in total. The number of fused-ring (bicyclic) bond motifs is 1. The van der Waals surface area contributed by atoms with Crippen LogP contribution in [0.1, 0.15) is 29.0 Å². The van der Waals surface area contributed by atoms with Crippen molar-refractivity contribution >= 4 is 11.9 Å². The summed E-state index contributed by atoms with van der Waals surface area (Å²) in [4.78, 5) is 11.2. The third kappa shape index (κ3) is 2.67. The summed E-state index contributed by atoms with van der Waals surface area (Å²) in [6.07, 6.45) is 6.76. The predicted octanol–water partition coefficient (Wildman–Crippen LogP) is 4.80. The van der Waals surface area contributed by atoms with E-state index >= 15 is 0 Å². The van der Waals surface area contributed by atoms with Gasteiger partial charge < -0.3 is 0 Å². The van der Waals surface area contributed by atoms with E-state index in [0.29, 0.717) is 5.92 Å². The van der Waals surface area contributed by atoms with Crippen LogP contribution in [-0.4, -0.2) is 6.29 Å². The van der Waals surface area contributed by atoms with Crippen LogP contribution in [0.15, 0.2) is 73.3 Å². The fourth-order valence-electron chi connectivity index (χ4n) is 3.55. The van der Waals surface area contributed by atoms with Gasteiger partial charge in [-0.1, -0.05) is 60.7 Å². The second-order valence-corrected chi connectivity index (χ2v) is 5.73.